The summed E-state index contributed by atoms with van der Waals surface area (Å²) in [5, 5.41) is 11.4. The van der Waals surface area contributed by atoms with Crippen molar-refractivity contribution in [2.45, 2.75) is 19.0 Å². The Kier molecular flexibility index (Phi) is 5.56. The molecule has 7 nitrogen and oxygen atoms in total. The minimum atomic E-state index is -0.590. The first kappa shape index (κ1) is 18.7. The highest BCUT2D eigenvalue weighted by Gasteiger charge is 2.13. The Morgan fingerprint density at radius 1 is 1.15 bits per heavy atom. The highest BCUT2D eigenvalue weighted by molar-refractivity contribution is 7.99. The number of anilines is 1. The van der Waals surface area contributed by atoms with Gasteiger partial charge in [0, 0.05) is 5.69 Å². The number of aromatic nitrogens is 3. The van der Waals surface area contributed by atoms with Crippen molar-refractivity contribution >= 4 is 29.3 Å². The Bertz CT molecular complexity index is 999. The molecule has 3 N–H and O–H groups in total. The smallest absolute Gasteiger partial charge is 0.250 e. The molecule has 0 bridgehead atoms. The number of primary amides is 1. The zero-order valence-electron chi connectivity index (χ0n) is 15.0. The summed E-state index contributed by atoms with van der Waals surface area (Å²) in [7, 11) is 0. The topological polar surface area (TPSA) is 103 Å². The summed E-state index contributed by atoms with van der Waals surface area (Å²) >= 11 is 1.26. The number of hydrogen-bond acceptors (Lipinski definition) is 5. The predicted octanol–water partition coefficient (Wildman–Crippen LogP) is 2.71. The van der Waals surface area contributed by atoms with Crippen LogP contribution >= 0.6 is 11.8 Å². The molecule has 2 amide bonds. The third kappa shape index (κ3) is 4.35. The quantitative estimate of drug-likeness (QED) is 0.639. The zero-order valence-corrected chi connectivity index (χ0v) is 15.8. The predicted molar refractivity (Wildman–Crippen MR) is 105 cm³/mol. The Hall–Kier alpha value is -3.13. The Morgan fingerprint density at radius 3 is 2.67 bits per heavy atom. The largest absolute Gasteiger partial charge is 0.366 e. The van der Waals surface area contributed by atoms with Gasteiger partial charge in [-0.2, -0.15) is 0 Å². The van der Waals surface area contributed by atoms with Crippen LogP contribution in [-0.4, -0.2) is 32.3 Å². The average molecular weight is 381 g/mol. The summed E-state index contributed by atoms with van der Waals surface area (Å²) in [5.41, 5.74) is 9.30. The normalized spacial score (nSPS) is 10.6. The van der Waals surface area contributed by atoms with Crippen molar-refractivity contribution in [3.8, 4) is 5.69 Å². The molecule has 138 valence electrons. The van der Waals surface area contributed by atoms with Crippen molar-refractivity contribution in [2.75, 3.05) is 11.1 Å². The van der Waals surface area contributed by atoms with Crippen LogP contribution in [-0.2, 0) is 4.79 Å². The van der Waals surface area contributed by atoms with Gasteiger partial charge >= 0.3 is 0 Å². The van der Waals surface area contributed by atoms with E-state index in [0.29, 0.717) is 10.8 Å². The van der Waals surface area contributed by atoms with E-state index in [1.54, 1.807) is 30.6 Å². The van der Waals surface area contributed by atoms with Crippen LogP contribution < -0.4 is 11.1 Å². The van der Waals surface area contributed by atoms with Gasteiger partial charge in [-0.05, 0) is 49.2 Å². The Balaban J connectivity index is 1.69. The van der Waals surface area contributed by atoms with E-state index >= 15 is 0 Å². The van der Waals surface area contributed by atoms with Gasteiger partial charge in [0.2, 0.25) is 5.91 Å². The molecule has 0 aliphatic rings. The molecule has 3 aromatic rings. The monoisotopic (exact) mass is 381 g/mol. The molecular weight excluding hydrogens is 362 g/mol. The zero-order chi connectivity index (χ0) is 19.4. The van der Waals surface area contributed by atoms with Crippen LogP contribution in [0.5, 0.6) is 0 Å². The highest BCUT2D eigenvalue weighted by atomic mass is 32.2. The number of nitrogens with two attached hydrogens (primary N) is 1. The van der Waals surface area contributed by atoms with E-state index in [1.807, 2.05) is 29.7 Å². The molecule has 8 heteroatoms. The van der Waals surface area contributed by atoms with Gasteiger partial charge in [-0.15, -0.1) is 10.2 Å². The van der Waals surface area contributed by atoms with Crippen LogP contribution in [0, 0.1) is 13.8 Å². The Morgan fingerprint density at radius 2 is 1.93 bits per heavy atom. The number of nitrogens with one attached hydrogen (secondary N) is 1. The van der Waals surface area contributed by atoms with Gasteiger partial charge in [-0.1, -0.05) is 30.0 Å². The lowest BCUT2D eigenvalue weighted by molar-refractivity contribution is -0.113. The fraction of sp³-hybridized carbons (Fsp3) is 0.158. The van der Waals surface area contributed by atoms with E-state index < -0.39 is 5.91 Å². The number of para-hydroxylation sites is 1. The molecule has 0 aliphatic heterocycles. The van der Waals surface area contributed by atoms with Gasteiger partial charge in [0.1, 0.15) is 6.33 Å². The van der Waals surface area contributed by atoms with Gasteiger partial charge in [0.15, 0.2) is 5.16 Å². The third-order valence-electron chi connectivity index (χ3n) is 4.08. The van der Waals surface area contributed by atoms with Crippen molar-refractivity contribution in [2.24, 2.45) is 5.73 Å². The molecule has 0 saturated heterocycles. The van der Waals surface area contributed by atoms with Gasteiger partial charge in [-0.25, -0.2) is 0 Å². The van der Waals surface area contributed by atoms with Gasteiger partial charge in [0.05, 0.1) is 17.0 Å². The van der Waals surface area contributed by atoms with Crippen LogP contribution in [0.4, 0.5) is 5.69 Å². The molecule has 0 unspecified atom stereocenters. The number of carbonyl (C=O) groups excluding carboxylic acids is 2. The SMILES string of the molecule is Cc1ccc(-n2cnnc2SCC(=O)Nc2ccccc2C(N)=O)cc1C. The third-order valence-corrected chi connectivity index (χ3v) is 5.03. The van der Waals surface area contributed by atoms with Crippen molar-refractivity contribution in [1.29, 1.82) is 0 Å². The molecular formula is C19H19N5O2S. The lowest BCUT2D eigenvalue weighted by Gasteiger charge is -2.10. The average Bonchev–Trinajstić information content (AvgIpc) is 3.11. The summed E-state index contributed by atoms with van der Waals surface area (Å²) in [4.78, 5) is 23.7. The molecule has 3 rings (SSSR count). The maximum Gasteiger partial charge on any atom is 0.250 e. The van der Waals surface area contributed by atoms with Crippen molar-refractivity contribution in [3.63, 3.8) is 0 Å². The summed E-state index contributed by atoms with van der Waals surface area (Å²) in [6, 6.07) is 12.7. The van der Waals surface area contributed by atoms with Crippen LogP contribution in [0.15, 0.2) is 53.9 Å². The minimum Gasteiger partial charge on any atom is -0.366 e. The van der Waals surface area contributed by atoms with Crippen molar-refractivity contribution in [1.82, 2.24) is 14.8 Å². The minimum absolute atomic E-state index is 0.122. The second kappa shape index (κ2) is 8.05. The van der Waals surface area contributed by atoms with E-state index in [4.69, 9.17) is 5.73 Å². The van der Waals surface area contributed by atoms with E-state index in [1.165, 1.54) is 17.3 Å². The molecule has 0 radical (unpaired) electrons. The van der Waals surface area contributed by atoms with Crippen LogP contribution in [0.3, 0.4) is 0 Å². The van der Waals surface area contributed by atoms with Gasteiger partial charge < -0.3 is 11.1 Å². The second-order valence-corrected chi connectivity index (χ2v) is 6.94. The highest BCUT2D eigenvalue weighted by Crippen LogP contribution is 2.22. The summed E-state index contributed by atoms with van der Waals surface area (Å²) in [6.45, 7) is 4.09. The van der Waals surface area contributed by atoms with Gasteiger partial charge in [0.25, 0.3) is 5.91 Å². The fourth-order valence-corrected chi connectivity index (χ4v) is 3.23. The molecule has 0 atom stereocenters. The lowest BCUT2D eigenvalue weighted by atomic mass is 10.1. The first-order valence-corrected chi connectivity index (χ1v) is 9.23. The first-order chi connectivity index (χ1) is 13.0. The maximum atomic E-state index is 12.3. The van der Waals surface area contributed by atoms with Crippen molar-refractivity contribution in [3.05, 3.63) is 65.5 Å². The van der Waals surface area contributed by atoms with E-state index in [9.17, 15) is 9.59 Å². The molecule has 27 heavy (non-hydrogen) atoms. The molecule has 1 aromatic heterocycles. The van der Waals surface area contributed by atoms with Gasteiger partial charge in [-0.3, -0.25) is 14.2 Å². The lowest BCUT2D eigenvalue weighted by Crippen LogP contribution is -2.19. The molecule has 0 saturated carbocycles. The van der Waals surface area contributed by atoms with Crippen LogP contribution in [0.1, 0.15) is 21.5 Å². The van der Waals surface area contributed by atoms with E-state index in [2.05, 4.69) is 22.4 Å². The molecule has 0 spiro atoms. The standard InChI is InChI=1S/C19H19N5O2S/c1-12-7-8-14(9-13(12)2)24-11-21-23-19(24)27-10-17(25)22-16-6-4-3-5-15(16)18(20)26/h3-9,11H,10H2,1-2H3,(H2,20,26)(H,22,25). The number of thioether (sulfide) groups is 1. The number of amides is 2. The molecule has 1 heterocycles. The van der Waals surface area contributed by atoms with Crippen molar-refractivity contribution < 1.29 is 9.59 Å². The Labute approximate surface area is 161 Å². The summed E-state index contributed by atoms with van der Waals surface area (Å²) in [5.74, 6) is -0.729. The number of carbonyl (C=O) groups is 2. The van der Waals surface area contributed by atoms with E-state index in [-0.39, 0.29) is 17.2 Å². The van der Waals surface area contributed by atoms with Crippen LogP contribution in [0.25, 0.3) is 5.69 Å². The number of aryl methyl sites for hydroxylation is 2. The fourth-order valence-electron chi connectivity index (χ4n) is 2.50. The van der Waals surface area contributed by atoms with E-state index in [0.717, 1.165) is 11.3 Å². The molecule has 0 aliphatic carbocycles. The van der Waals surface area contributed by atoms with Crippen LogP contribution in [0.2, 0.25) is 0 Å². The maximum absolute atomic E-state index is 12.3. The number of hydrogen-bond donors (Lipinski definition) is 2. The summed E-state index contributed by atoms with van der Waals surface area (Å²) < 4.78 is 1.84. The second-order valence-electron chi connectivity index (χ2n) is 6.00. The number of rotatable bonds is 6. The number of benzene rings is 2. The molecule has 2 aromatic carbocycles. The number of nitrogens with zero attached hydrogens (tertiary/aromatic N) is 3. The molecule has 0 fully saturated rings. The first-order valence-electron chi connectivity index (χ1n) is 8.25. The summed E-state index contributed by atoms with van der Waals surface area (Å²) in [6.07, 6.45) is 1.62.